The number of rotatable bonds is 6. The van der Waals surface area contributed by atoms with E-state index < -0.39 is 17.7 Å². The molecule has 182 valence electrons. The molecule has 1 unspecified atom stereocenters. The number of aromatic nitrogens is 1. The number of aliphatic hydroxyl groups excluding tert-OH is 1. The molecule has 1 amide bonds. The summed E-state index contributed by atoms with van der Waals surface area (Å²) >= 11 is 1.27. The molecule has 0 saturated carbocycles. The number of aliphatic hydroxyl groups is 1. The van der Waals surface area contributed by atoms with Gasteiger partial charge in [0.25, 0.3) is 5.91 Å². The van der Waals surface area contributed by atoms with Crippen LogP contribution in [-0.2, 0) is 11.3 Å². The molecule has 0 aliphatic carbocycles. The van der Waals surface area contributed by atoms with Crippen LogP contribution < -0.4 is 4.74 Å². The second-order valence-corrected chi connectivity index (χ2v) is 11.1. The van der Waals surface area contributed by atoms with Crippen molar-refractivity contribution in [2.24, 2.45) is 0 Å². The van der Waals surface area contributed by atoms with Gasteiger partial charge >= 0.3 is 0 Å². The van der Waals surface area contributed by atoms with Gasteiger partial charge in [0, 0.05) is 6.54 Å². The Labute approximate surface area is 209 Å². The van der Waals surface area contributed by atoms with Crippen LogP contribution in [0.1, 0.15) is 63.9 Å². The summed E-state index contributed by atoms with van der Waals surface area (Å²) in [5.74, 6) is -0.688. The van der Waals surface area contributed by atoms with Crippen LogP contribution in [0.3, 0.4) is 0 Å². The number of benzene rings is 2. The van der Waals surface area contributed by atoms with Crippen LogP contribution in [0, 0.1) is 20.8 Å². The number of hydrogen-bond acceptors (Lipinski definition) is 6. The average molecular weight is 491 g/mol. The minimum atomic E-state index is -0.706. The van der Waals surface area contributed by atoms with Crippen LogP contribution >= 0.6 is 11.3 Å². The van der Waals surface area contributed by atoms with Crippen LogP contribution in [0.4, 0.5) is 0 Å². The molecule has 1 aliphatic heterocycles. The Kier molecular flexibility index (Phi) is 6.56. The van der Waals surface area contributed by atoms with Gasteiger partial charge in [-0.15, -0.1) is 11.3 Å². The molecule has 1 aromatic heterocycles. The van der Waals surface area contributed by atoms with Crippen molar-refractivity contribution in [2.75, 3.05) is 0 Å². The van der Waals surface area contributed by atoms with Gasteiger partial charge in [0.15, 0.2) is 5.76 Å². The van der Waals surface area contributed by atoms with Crippen molar-refractivity contribution in [2.45, 2.75) is 59.7 Å². The summed E-state index contributed by atoms with van der Waals surface area (Å²) in [6.07, 6.45) is 0. The van der Waals surface area contributed by atoms with Crippen molar-refractivity contribution >= 4 is 23.0 Å². The van der Waals surface area contributed by atoms with E-state index in [4.69, 9.17) is 4.74 Å². The lowest BCUT2D eigenvalue weighted by atomic mass is 9.94. The predicted molar refractivity (Wildman–Crippen MR) is 137 cm³/mol. The molecule has 3 aromatic rings. The zero-order chi connectivity index (χ0) is 25.5. The predicted octanol–water partition coefficient (Wildman–Crippen LogP) is 6.02. The van der Waals surface area contributed by atoms with E-state index in [1.807, 2.05) is 83.1 Å². The normalized spacial score (nSPS) is 16.2. The number of carbonyl (C=O) groups is 2. The minimum absolute atomic E-state index is 0.0973. The van der Waals surface area contributed by atoms with Crippen molar-refractivity contribution in [3.63, 3.8) is 0 Å². The molecule has 4 rings (SSSR count). The summed E-state index contributed by atoms with van der Waals surface area (Å²) < 4.78 is 5.90. The van der Waals surface area contributed by atoms with E-state index in [1.54, 1.807) is 11.8 Å². The molecule has 1 aliphatic rings. The highest BCUT2D eigenvalue weighted by Gasteiger charge is 2.44. The molecule has 0 fully saturated rings. The van der Waals surface area contributed by atoms with Gasteiger partial charge in [-0.1, -0.05) is 42.0 Å². The van der Waals surface area contributed by atoms with Crippen LogP contribution in [-0.4, -0.2) is 32.3 Å². The van der Waals surface area contributed by atoms with Gasteiger partial charge in [-0.2, -0.15) is 0 Å². The molecule has 1 atom stereocenters. The maximum atomic E-state index is 13.6. The molecule has 7 heteroatoms. The molecular weight excluding hydrogens is 460 g/mol. The molecule has 6 nitrogen and oxygen atoms in total. The van der Waals surface area contributed by atoms with Crippen LogP contribution in [0.15, 0.2) is 59.9 Å². The standard InChI is InChI=1S/C28H30N2O4S/c1-16-8-7-9-20(14-16)23-22(24(31)26-17(2)29-18(3)35-26)25(32)27(33)30(23)15-19-10-12-21(13-11-19)34-28(4,5)6/h7-14,23,32H,15H2,1-6H3. The van der Waals surface area contributed by atoms with Crippen molar-refractivity contribution in [3.05, 3.63) is 92.1 Å². The monoisotopic (exact) mass is 490 g/mol. The number of carbonyl (C=O) groups excluding carboxylic acids is 2. The SMILES string of the molecule is Cc1cccc(C2C(C(=O)c3sc(C)nc3C)=C(O)C(=O)N2Cc2ccc(OC(C)(C)C)cc2)c1. The molecule has 2 aromatic carbocycles. The third kappa shape index (κ3) is 5.15. The van der Waals surface area contributed by atoms with Crippen molar-refractivity contribution in [1.29, 1.82) is 0 Å². The summed E-state index contributed by atoms with van der Waals surface area (Å²) in [5.41, 5.74) is 3.02. The molecule has 35 heavy (non-hydrogen) atoms. The van der Waals surface area contributed by atoms with Gasteiger partial charge in [0.1, 0.15) is 11.4 Å². The first-order chi connectivity index (χ1) is 16.4. The zero-order valence-electron chi connectivity index (χ0n) is 20.9. The van der Waals surface area contributed by atoms with Gasteiger partial charge in [0.05, 0.1) is 27.2 Å². The van der Waals surface area contributed by atoms with Crippen LogP contribution in [0.2, 0.25) is 0 Å². The van der Waals surface area contributed by atoms with Gasteiger partial charge < -0.3 is 14.7 Å². The fraction of sp³-hybridized carbons (Fsp3) is 0.321. The zero-order valence-corrected chi connectivity index (χ0v) is 21.7. The second-order valence-electron chi connectivity index (χ2n) is 9.85. The van der Waals surface area contributed by atoms with Crippen LogP contribution in [0.25, 0.3) is 0 Å². The molecule has 0 radical (unpaired) electrons. The van der Waals surface area contributed by atoms with Crippen molar-refractivity contribution in [3.8, 4) is 5.75 Å². The largest absolute Gasteiger partial charge is 0.503 e. The third-order valence-corrected chi connectivity index (χ3v) is 6.79. The Morgan fingerprint density at radius 2 is 1.80 bits per heavy atom. The maximum Gasteiger partial charge on any atom is 0.290 e. The number of thiazole rings is 1. The fourth-order valence-electron chi connectivity index (χ4n) is 4.31. The summed E-state index contributed by atoms with van der Waals surface area (Å²) in [5, 5.41) is 11.7. The smallest absolute Gasteiger partial charge is 0.290 e. The van der Waals surface area contributed by atoms with Gasteiger partial charge in [-0.3, -0.25) is 9.59 Å². The quantitative estimate of drug-likeness (QED) is 0.427. The molecular formula is C28H30N2O4S. The number of nitrogens with zero attached hydrogens (tertiary/aromatic N) is 2. The average Bonchev–Trinajstić information content (AvgIpc) is 3.24. The molecule has 1 N–H and O–H groups in total. The molecule has 0 saturated heterocycles. The van der Waals surface area contributed by atoms with Gasteiger partial charge in [0.2, 0.25) is 5.78 Å². The third-order valence-electron chi connectivity index (χ3n) is 5.72. The fourth-order valence-corrected chi connectivity index (χ4v) is 5.19. The Bertz CT molecular complexity index is 1320. The topological polar surface area (TPSA) is 79.7 Å². The Balaban J connectivity index is 1.72. The van der Waals surface area contributed by atoms with Gasteiger partial charge in [-0.25, -0.2) is 4.98 Å². The minimum Gasteiger partial charge on any atom is -0.503 e. The first kappa shape index (κ1) is 24.7. The first-order valence-corrected chi connectivity index (χ1v) is 12.3. The van der Waals surface area contributed by atoms with E-state index in [2.05, 4.69) is 4.98 Å². The van der Waals surface area contributed by atoms with E-state index in [0.29, 0.717) is 10.6 Å². The molecule has 0 bridgehead atoms. The highest BCUT2D eigenvalue weighted by Crippen LogP contribution is 2.41. The summed E-state index contributed by atoms with van der Waals surface area (Å²) in [7, 11) is 0. The lowest BCUT2D eigenvalue weighted by Crippen LogP contribution is -2.30. The number of ketones is 1. The lowest BCUT2D eigenvalue weighted by Gasteiger charge is -2.27. The lowest BCUT2D eigenvalue weighted by molar-refractivity contribution is -0.130. The highest BCUT2D eigenvalue weighted by atomic mass is 32.1. The Morgan fingerprint density at radius 1 is 1.11 bits per heavy atom. The van der Waals surface area contributed by atoms with Crippen LogP contribution in [0.5, 0.6) is 5.75 Å². The van der Waals surface area contributed by atoms with E-state index >= 15 is 0 Å². The van der Waals surface area contributed by atoms with E-state index in [-0.39, 0.29) is 23.5 Å². The van der Waals surface area contributed by atoms with E-state index in [1.165, 1.54) is 11.3 Å². The second kappa shape index (κ2) is 9.30. The summed E-state index contributed by atoms with van der Waals surface area (Å²) in [6, 6.07) is 14.5. The number of Topliss-reactive ketones (excluding diaryl/α,β-unsaturated/α-hetero) is 1. The summed E-state index contributed by atoms with van der Waals surface area (Å²) in [6.45, 7) is 11.7. The Hall–Kier alpha value is -3.45. The number of ether oxygens (including phenoxy) is 1. The molecule has 2 heterocycles. The maximum absolute atomic E-state index is 13.6. The van der Waals surface area contributed by atoms with Crippen molar-refractivity contribution in [1.82, 2.24) is 9.88 Å². The van der Waals surface area contributed by atoms with Gasteiger partial charge in [-0.05, 0) is 64.8 Å². The first-order valence-electron chi connectivity index (χ1n) is 11.5. The highest BCUT2D eigenvalue weighted by molar-refractivity contribution is 7.14. The van der Waals surface area contributed by atoms with Crippen molar-refractivity contribution < 1.29 is 19.4 Å². The number of hydrogen-bond donors (Lipinski definition) is 1. The molecule has 0 spiro atoms. The number of aryl methyl sites for hydroxylation is 3. The van der Waals surface area contributed by atoms with E-state index in [9.17, 15) is 14.7 Å². The Morgan fingerprint density at radius 3 is 2.37 bits per heavy atom. The summed E-state index contributed by atoms with van der Waals surface area (Å²) in [4.78, 5) is 33.3. The number of amides is 1. The van der Waals surface area contributed by atoms with E-state index in [0.717, 1.165) is 27.4 Å².